The number of fused-ring (bicyclic) bond motifs is 4. The third-order valence-electron chi connectivity index (χ3n) is 8.98. The van der Waals surface area contributed by atoms with Crippen LogP contribution in [0.3, 0.4) is 0 Å². The minimum Gasteiger partial charge on any atom is -0.361 e. The molecule has 22 heavy (non-hydrogen) atoms. The molecule has 0 unspecified atom stereocenters. The third-order valence-corrected chi connectivity index (χ3v) is 8.98. The van der Waals surface area contributed by atoms with E-state index in [0.29, 0.717) is 28.4 Å². The number of carbonyl (C=O) groups excluding carboxylic acids is 1. The van der Waals surface area contributed by atoms with Gasteiger partial charge in [0.2, 0.25) is 0 Å². The van der Waals surface area contributed by atoms with Crippen molar-refractivity contribution >= 4 is 5.78 Å². The van der Waals surface area contributed by atoms with E-state index in [-0.39, 0.29) is 11.0 Å². The molecular weight excluding hydrogens is 272 g/mol. The van der Waals surface area contributed by atoms with Gasteiger partial charge in [-0.2, -0.15) is 0 Å². The van der Waals surface area contributed by atoms with E-state index in [2.05, 4.69) is 20.8 Å². The Morgan fingerprint density at radius 1 is 1.00 bits per heavy atom. The number of ether oxygens (including phenoxy) is 1. The first-order chi connectivity index (χ1) is 10.4. The Kier molecular flexibility index (Phi) is 2.43. The van der Waals surface area contributed by atoms with Crippen molar-refractivity contribution in [1.82, 2.24) is 0 Å². The van der Waals surface area contributed by atoms with Crippen LogP contribution in [0.2, 0.25) is 0 Å². The molecule has 122 valence electrons. The van der Waals surface area contributed by atoms with Crippen molar-refractivity contribution in [3.63, 3.8) is 0 Å². The molecule has 0 N–H and O–H groups in total. The molecule has 2 spiro atoms. The molecule has 1 heterocycles. The lowest BCUT2D eigenvalue weighted by Crippen LogP contribution is -2.57. The fraction of sp³-hybridized carbons (Fsp3) is 0.950. The van der Waals surface area contributed by atoms with Gasteiger partial charge in [-0.05, 0) is 73.5 Å². The maximum Gasteiger partial charge on any atom is 0.173 e. The number of rotatable bonds is 0. The maximum atomic E-state index is 13.4. The molecule has 0 aromatic heterocycles. The Morgan fingerprint density at radius 3 is 2.50 bits per heavy atom. The zero-order valence-electron chi connectivity index (χ0n) is 14.4. The Morgan fingerprint density at radius 2 is 1.77 bits per heavy atom. The Balaban J connectivity index is 1.60. The first kappa shape index (κ1) is 14.0. The molecule has 0 amide bonds. The zero-order chi connectivity index (χ0) is 15.4. The van der Waals surface area contributed by atoms with Crippen molar-refractivity contribution < 1.29 is 9.53 Å². The number of hydrogen-bond acceptors (Lipinski definition) is 2. The highest BCUT2D eigenvalue weighted by Gasteiger charge is 2.76. The largest absolute Gasteiger partial charge is 0.361 e. The molecule has 0 aromatic carbocycles. The second kappa shape index (κ2) is 3.82. The van der Waals surface area contributed by atoms with E-state index in [9.17, 15) is 4.79 Å². The van der Waals surface area contributed by atoms with Crippen LogP contribution in [-0.4, -0.2) is 18.0 Å². The summed E-state index contributed by atoms with van der Waals surface area (Å²) in [4.78, 5) is 13.4. The average molecular weight is 302 g/mol. The van der Waals surface area contributed by atoms with Crippen LogP contribution < -0.4 is 0 Å². The fourth-order valence-corrected chi connectivity index (χ4v) is 8.08. The van der Waals surface area contributed by atoms with Crippen LogP contribution in [0.1, 0.15) is 72.1 Å². The number of hydrogen-bond donors (Lipinski definition) is 0. The Labute approximate surface area is 134 Å². The fourth-order valence-electron chi connectivity index (χ4n) is 8.08. The summed E-state index contributed by atoms with van der Waals surface area (Å²) in [5, 5.41) is 0. The zero-order valence-corrected chi connectivity index (χ0v) is 14.4. The van der Waals surface area contributed by atoms with Crippen LogP contribution in [0.5, 0.6) is 0 Å². The molecule has 6 atom stereocenters. The molecule has 5 rings (SSSR count). The molecule has 2 bridgehead atoms. The monoisotopic (exact) mass is 302 g/mol. The van der Waals surface area contributed by atoms with Gasteiger partial charge in [-0.15, -0.1) is 0 Å². The number of epoxide rings is 1. The summed E-state index contributed by atoms with van der Waals surface area (Å²) in [7, 11) is 0. The van der Waals surface area contributed by atoms with Crippen molar-refractivity contribution in [3.05, 3.63) is 0 Å². The molecule has 2 heteroatoms. The molecule has 0 aromatic rings. The van der Waals surface area contributed by atoms with Gasteiger partial charge in [0.05, 0.1) is 6.61 Å². The molecule has 4 aliphatic carbocycles. The number of carbonyl (C=O) groups is 1. The van der Waals surface area contributed by atoms with E-state index < -0.39 is 0 Å². The van der Waals surface area contributed by atoms with Crippen LogP contribution >= 0.6 is 0 Å². The normalized spacial score (nSPS) is 58.3. The van der Waals surface area contributed by atoms with Crippen molar-refractivity contribution in [2.24, 2.45) is 34.0 Å². The molecule has 5 fully saturated rings. The molecule has 5 aliphatic rings. The number of ketones is 1. The highest BCUT2D eigenvalue weighted by molar-refractivity contribution is 5.98. The quantitative estimate of drug-likeness (QED) is 0.622. The topological polar surface area (TPSA) is 29.6 Å². The molecule has 1 aliphatic heterocycles. The first-order valence-electron chi connectivity index (χ1n) is 9.54. The summed E-state index contributed by atoms with van der Waals surface area (Å²) in [5.41, 5.74) is 0.544. The van der Waals surface area contributed by atoms with E-state index in [0.717, 1.165) is 25.4 Å². The van der Waals surface area contributed by atoms with Gasteiger partial charge < -0.3 is 4.74 Å². The van der Waals surface area contributed by atoms with Gasteiger partial charge in [0.15, 0.2) is 11.4 Å². The molecule has 4 saturated carbocycles. The van der Waals surface area contributed by atoms with Gasteiger partial charge in [0.1, 0.15) is 0 Å². The van der Waals surface area contributed by atoms with Crippen LogP contribution in [0.4, 0.5) is 0 Å². The van der Waals surface area contributed by atoms with Crippen LogP contribution in [0, 0.1) is 34.0 Å². The summed E-state index contributed by atoms with van der Waals surface area (Å²) in [6, 6.07) is 0. The average Bonchev–Trinajstić information content (AvgIpc) is 3.24. The standard InChI is InChI=1S/C20H30O2/c1-17(2)8-4-9-18(3)14(17)7-10-19-11-13(5-6-15(18)19)20(12-22-20)16(19)21/h13-15H,4-12H2,1-3H3/t13-,14-,15-,18-,19-,20+/m1/s1. The van der Waals surface area contributed by atoms with Crippen LogP contribution in [0.25, 0.3) is 0 Å². The van der Waals surface area contributed by atoms with Gasteiger partial charge in [0, 0.05) is 5.41 Å². The summed E-state index contributed by atoms with van der Waals surface area (Å²) in [5.74, 6) is 2.53. The smallest absolute Gasteiger partial charge is 0.173 e. The molecule has 1 saturated heterocycles. The van der Waals surface area contributed by atoms with E-state index in [1.807, 2.05) is 0 Å². The van der Waals surface area contributed by atoms with Crippen molar-refractivity contribution in [2.75, 3.05) is 6.61 Å². The predicted octanol–water partition coefficient (Wildman–Crippen LogP) is 4.37. The SMILES string of the molecule is CC1(C)CCC[C@]2(C)[C@@H]1CC[C@@]13C[C@@H](CC[C@@H]12)[C@@]1(CO1)C3=O. The second-order valence-corrected chi connectivity index (χ2v) is 10.1. The van der Waals surface area contributed by atoms with Gasteiger partial charge in [0.25, 0.3) is 0 Å². The lowest BCUT2D eigenvalue weighted by Gasteiger charge is -2.63. The van der Waals surface area contributed by atoms with Gasteiger partial charge in [-0.3, -0.25) is 4.79 Å². The molecular formula is C20H30O2. The minimum absolute atomic E-state index is 0.00190. The van der Waals surface area contributed by atoms with E-state index in [1.54, 1.807) is 0 Å². The third kappa shape index (κ3) is 1.37. The highest BCUT2D eigenvalue weighted by Crippen LogP contribution is 2.73. The Hall–Kier alpha value is -0.370. The lowest BCUT2D eigenvalue weighted by atomic mass is 9.41. The summed E-state index contributed by atoms with van der Waals surface area (Å²) >= 11 is 0. The highest BCUT2D eigenvalue weighted by atomic mass is 16.6. The second-order valence-electron chi connectivity index (χ2n) is 10.1. The number of Topliss-reactive ketones (excluding diaryl/α,β-unsaturated/α-hetero) is 1. The molecule has 2 nitrogen and oxygen atoms in total. The van der Waals surface area contributed by atoms with Gasteiger partial charge in [-0.1, -0.05) is 27.2 Å². The van der Waals surface area contributed by atoms with Gasteiger partial charge >= 0.3 is 0 Å². The predicted molar refractivity (Wildman–Crippen MR) is 85.4 cm³/mol. The summed E-state index contributed by atoms with van der Waals surface area (Å²) in [6.07, 6.45) is 10.2. The first-order valence-corrected chi connectivity index (χ1v) is 9.54. The Bertz CT molecular complexity index is 546. The van der Waals surface area contributed by atoms with Crippen LogP contribution in [0.15, 0.2) is 0 Å². The van der Waals surface area contributed by atoms with E-state index in [4.69, 9.17) is 4.74 Å². The maximum absolute atomic E-state index is 13.4. The van der Waals surface area contributed by atoms with Gasteiger partial charge in [-0.25, -0.2) is 0 Å². The lowest BCUT2D eigenvalue weighted by molar-refractivity contribution is -0.162. The summed E-state index contributed by atoms with van der Waals surface area (Å²) in [6.45, 7) is 8.26. The van der Waals surface area contributed by atoms with Crippen LogP contribution in [-0.2, 0) is 9.53 Å². The van der Waals surface area contributed by atoms with Crippen molar-refractivity contribution in [1.29, 1.82) is 0 Å². The van der Waals surface area contributed by atoms with Crippen molar-refractivity contribution in [3.8, 4) is 0 Å². The van der Waals surface area contributed by atoms with E-state index in [1.165, 1.54) is 38.5 Å². The van der Waals surface area contributed by atoms with E-state index >= 15 is 0 Å². The molecule has 0 radical (unpaired) electrons. The minimum atomic E-state index is -0.303. The summed E-state index contributed by atoms with van der Waals surface area (Å²) < 4.78 is 5.79. The van der Waals surface area contributed by atoms with Crippen molar-refractivity contribution in [2.45, 2.75) is 77.7 Å².